The highest BCUT2D eigenvalue weighted by Crippen LogP contribution is 2.28. The number of fused-ring (bicyclic) bond motifs is 1. The third-order valence-corrected chi connectivity index (χ3v) is 4.83. The summed E-state index contributed by atoms with van der Waals surface area (Å²) in [5.74, 6) is 1.77. The number of hydrogen-bond donors (Lipinski definition) is 3. The first-order valence-corrected chi connectivity index (χ1v) is 8.85. The van der Waals surface area contributed by atoms with Crippen LogP contribution in [0.25, 0.3) is 16.6 Å². The van der Waals surface area contributed by atoms with Crippen LogP contribution in [0.3, 0.4) is 0 Å². The third-order valence-electron chi connectivity index (χ3n) is 4.83. The van der Waals surface area contributed by atoms with Crippen LogP contribution < -0.4 is 0 Å². The molecule has 2 aromatic rings. The Morgan fingerprint density at radius 2 is 2.12 bits per heavy atom. The van der Waals surface area contributed by atoms with Crippen LogP contribution in [0, 0.1) is 11.3 Å². The summed E-state index contributed by atoms with van der Waals surface area (Å²) < 4.78 is 0. The number of para-hydroxylation sites is 2. The summed E-state index contributed by atoms with van der Waals surface area (Å²) in [6.45, 7) is 5.64. The molecule has 0 aliphatic carbocycles. The number of unbranched alkanes of at least 4 members (excludes halogenated alkanes) is 1. The number of rotatable bonds is 7. The second-order valence-electron chi connectivity index (χ2n) is 6.57. The molecular weight excluding hydrogens is 300 g/mol. The van der Waals surface area contributed by atoms with Crippen molar-refractivity contribution in [2.75, 3.05) is 13.1 Å². The van der Waals surface area contributed by atoms with E-state index in [1.807, 2.05) is 29.2 Å². The van der Waals surface area contributed by atoms with Gasteiger partial charge in [-0.1, -0.05) is 45.2 Å². The van der Waals surface area contributed by atoms with E-state index in [1.165, 1.54) is 19.3 Å². The Morgan fingerprint density at radius 3 is 2.83 bits per heavy atom. The number of nitrogens with one attached hydrogen (secondary N) is 2. The third kappa shape index (κ3) is 3.16. The molecule has 128 valence electrons. The van der Waals surface area contributed by atoms with Gasteiger partial charge in [0.1, 0.15) is 17.4 Å². The summed E-state index contributed by atoms with van der Waals surface area (Å²) in [6, 6.07) is 7.77. The molecule has 5 heteroatoms. The molecule has 0 unspecified atom stereocenters. The molecule has 1 aromatic carbocycles. The molecule has 1 aliphatic heterocycles. The monoisotopic (exact) mass is 326 g/mol. The van der Waals surface area contributed by atoms with Crippen LogP contribution in [0.4, 0.5) is 0 Å². The number of aromatic nitrogens is 2. The van der Waals surface area contributed by atoms with Gasteiger partial charge < -0.3 is 15.0 Å². The lowest BCUT2D eigenvalue weighted by Gasteiger charge is -2.24. The number of aliphatic hydroxyl groups is 1. The van der Waals surface area contributed by atoms with Crippen molar-refractivity contribution >= 4 is 22.4 Å². The minimum Gasteiger partial charge on any atom is -0.510 e. The summed E-state index contributed by atoms with van der Waals surface area (Å²) in [6.07, 6.45) is 4.69. The van der Waals surface area contributed by atoms with Crippen LogP contribution in [0.15, 0.2) is 30.0 Å². The molecule has 1 aliphatic rings. The highest BCUT2D eigenvalue weighted by atomic mass is 16.3. The van der Waals surface area contributed by atoms with Crippen molar-refractivity contribution in [2.24, 2.45) is 5.92 Å². The Labute approximate surface area is 142 Å². The largest absolute Gasteiger partial charge is 0.510 e. The second kappa shape index (κ2) is 7.07. The minimum atomic E-state index is 0.240. The Hall–Kier alpha value is -2.30. The number of aromatic amines is 1. The number of imidazole rings is 1. The molecule has 0 fully saturated rings. The fourth-order valence-electron chi connectivity index (χ4n) is 3.34. The van der Waals surface area contributed by atoms with Gasteiger partial charge in [0.2, 0.25) is 0 Å². The van der Waals surface area contributed by atoms with E-state index >= 15 is 0 Å². The van der Waals surface area contributed by atoms with Crippen LogP contribution in [-0.2, 0) is 0 Å². The zero-order valence-electron chi connectivity index (χ0n) is 14.5. The van der Waals surface area contributed by atoms with Gasteiger partial charge in [-0.05, 0) is 24.5 Å². The molecule has 1 atom stereocenters. The predicted octanol–water partition coefficient (Wildman–Crippen LogP) is 4.34. The predicted molar refractivity (Wildman–Crippen MR) is 98.2 cm³/mol. The van der Waals surface area contributed by atoms with Crippen molar-refractivity contribution in [3.05, 3.63) is 35.8 Å². The molecule has 3 rings (SSSR count). The van der Waals surface area contributed by atoms with Crippen molar-refractivity contribution < 1.29 is 5.11 Å². The normalized spacial score (nSPS) is 16.4. The van der Waals surface area contributed by atoms with E-state index in [0.717, 1.165) is 24.0 Å². The van der Waals surface area contributed by atoms with Gasteiger partial charge in [0.05, 0.1) is 23.2 Å². The summed E-state index contributed by atoms with van der Waals surface area (Å²) in [5.41, 5.74) is 2.32. The number of nitrogens with zero attached hydrogens (tertiary/aromatic N) is 2. The number of aliphatic hydroxyl groups excluding tert-OH is 1. The molecule has 0 bridgehead atoms. The van der Waals surface area contributed by atoms with Gasteiger partial charge in [-0.2, -0.15) is 0 Å². The summed E-state index contributed by atoms with van der Waals surface area (Å²) in [5, 5.41) is 18.9. The standard InChI is InChI=1S/C19H26N4O/c1-3-5-8-13(4-2)11-23-12-16(24)17(18(23)20)19-21-14-9-6-7-10-15(14)22-19/h6-7,9-10,13,20,24H,3-5,8,11-12H2,1-2H3,(H,21,22)/t13-/m0/s1. The van der Waals surface area contributed by atoms with Crippen molar-refractivity contribution in [1.29, 1.82) is 5.41 Å². The van der Waals surface area contributed by atoms with Gasteiger partial charge in [-0.3, -0.25) is 5.41 Å². The van der Waals surface area contributed by atoms with E-state index in [1.54, 1.807) is 0 Å². The average molecular weight is 326 g/mol. The Bertz CT molecular complexity index is 729. The smallest absolute Gasteiger partial charge is 0.145 e. The van der Waals surface area contributed by atoms with Crippen LogP contribution in [0.5, 0.6) is 0 Å². The zero-order valence-corrected chi connectivity index (χ0v) is 14.5. The average Bonchev–Trinajstić information content (AvgIpc) is 3.11. The summed E-state index contributed by atoms with van der Waals surface area (Å²) >= 11 is 0. The fraction of sp³-hybridized carbons (Fsp3) is 0.474. The lowest BCUT2D eigenvalue weighted by atomic mass is 9.99. The summed E-state index contributed by atoms with van der Waals surface area (Å²) in [7, 11) is 0. The number of amidine groups is 1. The second-order valence-corrected chi connectivity index (χ2v) is 6.57. The van der Waals surface area contributed by atoms with E-state index in [2.05, 4.69) is 23.8 Å². The van der Waals surface area contributed by atoms with Gasteiger partial charge in [0, 0.05) is 6.54 Å². The van der Waals surface area contributed by atoms with E-state index in [4.69, 9.17) is 5.41 Å². The molecule has 2 heterocycles. The maximum Gasteiger partial charge on any atom is 0.145 e. The Kier molecular flexibility index (Phi) is 4.88. The molecule has 24 heavy (non-hydrogen) atoms. The fourth-order valence-corrected chi connectivity index (χ4v) is 3.34. The van der Waals surface area contributed by atoms with Crippen LogP contribution >= 0.6 is 0 Å². The van der Waals surface area contributed by atoms with E-state index in [0.29, 0.717) is 29.7 Å². The van der Waals surface area contributed by atoms with Crippen molar-refractivity contribution in [2.45, 2.75) is 39.5 Å². The molecule has 0 amide bonds. The first-order chi connectivity index (χ1) is 11.6. The molecule has 0 radical (unpaired) electrons. The molecule has 5 nitrogen and oxygen atoms in total. The highest BCUT2D eigenvalue weighted by molar-refractivity contribution is 6.23. The molecular formula is C19H26N4O. The van der Waals surface area contributed by atoms with Gasteiger partial charge in [-0.25, -0.2) is 4.98 Å². The van der Waals surface area contributed by atoms with E-state index in [9.17, 15) is 5.11 Å². The van der Waals surface area contributed by atoms with E-state index in [-0.39, 0.29) is 5.76 Å². The number of H-pyrrole nitrogens is 1. The molecule has 1 aromatic heterocycles. The van der Waals surface area contributed by atoms with Crippen LogP contribution in [0.1, 0.15) is 45.4 Å². The topological polar surface area (TPSA) is 76.0 Å². The lowest BCUT2D eigenvalue weighted by molar-refractivity contribution is 0.298. The lowest BCUT2D eigenvalue weighted by Crippen LogP contribution is -2.32. The maximum absolute atomic E-state index is 10.4. The van der Waals surface area contributed by atoms with Crippen molar-refractivity contribution in [3.8, 4) is 0 Å². The molecule has 3 N–H and O–H groups in total. The molecule has 0 saturated carbocycles. The number of hydrogen-bond acceptors (Lipinski definition) is 3. The Balaban J connectivity index is 1.78. The van der Waals surface area contributed by atoms with Gasteiger partial charge in [0.25, 0.3) is 0 Å². The summed E-state index contributed by atoms with van der Waals surface area (Å²) in [4.78, 5) is 9.74. The van der Waals surface area contributed by atoms with Crippen LogP contribution in [-0.4, -0.2) is 38.9 Å². The number of benzene rings is 1. The van der Waals surface area contributed by atoms with Crippen molar-refractivity contribution in [3.63, 3.8) is 0 Å². The zero-order chi connectivity index (χ0) is 17.1. The first-order valence-electron chi connectivity index (χ1n) is 8.85. The SMILES string of the molecule is CCCC[C@H](CC)CN1CC(O)=C(c2nc3ccccc3[nH]2)C1=N. The first kappa shape index (κ1) is 16.6. The van der Waals surface area contributed by atoms with Gasteiger partial charge >= 0.3 is 0 Å². The molecule has 0 spiro atoms. The highest BCUT2D eigenvalue weighted by Gasteiger charge is 2.31. The quantitative estimate of drug-likeness (QED) is 0.708. The van der Waals surface area contributed by atoms with Crippen LogP contribution in [0.2, 0.25) is 0 Å². The minimum absolute atomic E-state index is 0.240. The van der Waals surface area contributed by atoms with Gasteiger partial charge in [-0.15, -0.1) is 0 Å². The van der Waals surface area contributed by atoms with Gasteiger partial charge in [0.15, 0.2) is 0 Å². The van der Waals surface area contributed by atoms with Crippen molar-refractivity contribution in [1.82, 2.24) is 14.9 Å². The van der Waals surface area contributed by atoms with E-state index < -0.39 is 0 Å². The maximum atomic E-state index is 10.4. The molecule has 0 saturated heterocycles. The Morgan fingerprint density at radius 1 is 1.33 bits per heavy atom.